The van der Waals surface area contributed by atoms with Gasteiger partial charge in [-0.15, -0.1) is 0 Å². The summed E-state index contributed by atoms with van der Waals surface area (Å²) in [7, 11) is 0. The molecule has 0 aromatic carbocycles. The highest BCUT2D eigenvalue weighted by atomic mass is 15.1. The van der Waals surface area contributed by atoms with E-state index in [1.807, 2.05) is 6.92 Å². The fourth-order valence-electron chi connectivity index (χ4n) is 1.75. The van der Waals surface area contributed by atoms with Crippen LogP contribution in [-0.2, 0) is 6.42 Å². The van der Waals surface area contributed by atoms with Crippen LogP contribution in [0.5, 0.6) is 0 Å². The van der Waals surface area contributed by atoms with E-state index < -0.39 is 0 Å². The second kappa shape index (κ2) is 6.03. The van der Waals surface area contributed by atoms with Crippen LogP contribution in [0.4, 0.5) is 11.6 Å². The van der Waals surface area contributed by atoms with E-state index in [-0.39, 0.29) is 5.54 Å². The fourth-order valence-corrected chi connectivity index (χ4v) is 1.75. The molecule has 3 N–H and O–H groups in total. The Morgan fingerprint density at radius 1 is 1.17 bits per heavy atom. The van der Waals surface area contributed by atoms with Crippen molar-refractivity contribution in [2.45, 2.75) is 65.8 Å². The Morgan fingerprint density at radius 2 is 1.78 bits per heavy atom. The standard InChI is InChI=1S/C14H26N4/c1-6-9-11-16-12(15)10(4)13(17-11)18-14(5,7-2)8-3/h6-9H2,1-5H3,(H3,15,16,17,18). The molecule has 0 atom stereocenters. The summed E-state index contributed by atoms with van der Waals surface area (Å²) in [6.07, 6.45) is 4.00. The minimum atomic E-state index is 0.0645. The molecule has 0 amide bonds. The molecule has 4 nitrogen and oxygen atoms in total. The van der Waals surface area contributed by atoms with Gasteiger partial charge >= 0.3 is 0 Å². The Balaban J connectivity index is 3.07. The number of nitrogens with zero attached hydrogens (tertiary/aromatic N) is 2. The average molecular weight is 250 g/mol. The van der Waals surface area contributed by atoms with Gasteiger partial charge in [0.1, 0.15) is 17.5 Å². The van der Waals surface area contributed by atoms with Crippen LogP contribution in [0.25, 0.3) is 0 Å². The number of anilines is 2. The first-order valence-corrected chi connectivity index (χ1v) is 6.87. The maximum absolute atomic E-state index is 5.96. The van der Waals surface area contributed by atoms with Crippen molar-refractivity contribution in [3.8, 4) is 0 Å². The van der Waals surface area contributed by atoms with Crippen LogP contribution >= 0.6 is 0 Å². The number of rotatable bonds is 6. The second-order valence-corrected chi connectivity index (χ2v) is 5.14. The highest BCUT2D eigenvalue weighted by molar-refractivity contribution is 5.55. The topological polar surface area (TPSA) is 63.8 Å². The van der Waals surface area contributed by atoms with E-state index in [0.29, 0.717) is 5.82 Å². The van der Waals surface area contributed by atoms with Gasteiger partial charge in [0, 0.05) is 17.5 Å². The number of nitrogen functional groups attached to an aromatic ring is 1. The van der Waals surface area contributed by atoms with E-state index in [1.54, 1.807) is 0 Å². The Morgan fingerprint density at radius 3 is 2.28 bits per heavy atom. The van der Waals surface area contributed by atoms with Gasteiger partial charge in [0.05, 0.1) is 0 Å². The maximum Gasteiger partial charge on any atom is 0.135 e. The number of aromatic nitrogens is 2. The van der Waals surface area contributed by atoms with Gasteiger partial charge in [0.2, 0.25) is 0 Å². The first-order valence-electron chi connectivity index (χ1n) is 6.87. The van der Waals surface area contributed by atoms with Crippen molar-refractivity contribution in [1.29, 1.82) is 0 Å². The van der Waals surface area contributed by atoms with Crippen LogP contribution in [0.15, 0.2) is 0 Å². The average Bonchev–Trinajstić information content (AvgIpc) is 2.35. The van der Waals surface area contributed by atoms with Gasteiger partial charge in [-0.2, -0.15) is 0 Å². The second-order valence-electron chi connectivity index (χ2n) is 5.14. The third-order valence-corrected chi connectivity index (χ3v) is 3.68. The molecule has 0 spiro atoms. The number of hydrogen-bond acceptors (Lipinski definition) is 4. The van der Waals surface area contributed by atoms with Gasteiger partial charge in [-0.1, -0.05) is 20.8 Å². The molecular weight excluding hydrogens is 224 g/mol. The summed E-state index contributed by atoms with van der Waals surface area (Å²) in [6, 6.07) is 0. The van der Waals surface area contributed by atoms with Crippen molar-refractivity contribution >= 4 is 11.6 Å². The van der Waals surface area contributed by atoms with Gasteiger partial charge in [-0.05, 0) is 33.1 Å². The van der Waals surface area contributed by atoms with Gasteiger partial charge in [-0.25, -0.2) is 9.97 Å². The smallest absolute Gasteiger partial charge is 0.135 e. The SMILES string of the molecule is CCCc1nc(N)c(C)c(NC(C)(CC)CC)n1. The predicted octanol–water partition coefficient (Wildman–Crippen LogP) is 3.31. The molecule has 1 aromatic heterocycles. The Kier molecular flexibility index (Phi) is 4.93. The molecule has 0 radical (unpaired) electrons. The van der Waals surface area contributed by atoms with Crippen LogP contribution in [0, 0.1) is 6.92 Å². The highest BCUT2D eigenvalue weighted by Crippen LogP contribution is 2.25. The normalized spacial score (nSPS) is 11.6. The van der Waals surface area contributed by atoms with Crippen molar-refractivity contribution in [2.75, 3.05) is 11.1 Å². The lowest BCUT2D eigenvalue weighted by atomic mass is 9.95. The van der Waals surface area contributed by atoms with E-state index in [4.69, 9.17) is 5.73 Å². The van der Waals surface area contributed by atoms with E-state index in [9.17, 15) is 0 Å². The summed E-state index contributed by atoms with van der Waals surface area (Å²) in [5.41, 5.74) is 6.97. The quantitative estimate of drug-likeness (QED) is 0.813. The van der Waals surface area contributed by atoms with Crippen LogP contribution in [-0.4, -0.2) is 15.5 Å². The number of aryl methyl sites for hydroxylation is 1. The number of nitrogens with one attached hydrogen (secondary N) is 1. The summed E-state index contributed by atoms with van der Waals surface area (Å²) in [4.78, 5) is 8.93. The molecule has 1 aromatic rings. The van der Waals surface area contributed by atoms with Crippen LogP contribution in [0.2, 0.25) is 0 Å². The molecule has 1 heterocycles. The van der Waals surface area contributed by atoms with Gasteiger partial charge in [0.25, 0.3) is 0 Å². The minimum Gasteiger partial charge on any atom is -0.383 e. The summed E-state index contributed by atoms with van der Waals surface area (Å²) >= 11 is 0. The summed E-state index contributed by atoms with van der Waals surface area (Å²) < 4.78 is 0. The molecule has 0 aliphatic carbocycles. The van der Waals surface area contributed by atoms with Crippen LogP contribution in [0.3, 0.4) is 0 Å². The Bertz CT molecular complexity index is 397. The molecule has 1 rings (SSSR count). The van der Waals surface area contributed by atoms with Crippen molar-refractivity contribution < 1.29 is 0 Å². The lowest BCUT2D eigenvalue weighted by Gasteiger charge is -2.30. The zero-order valence-electron chi connectivity index (χ0n) is 12.3. The minimum absolute atomic E-state index is 0.0645. The molecule has 0 saturated heterocycles. The Labute approximate surface area is 110 Å². The third kappa shape index (κ3) is 3.34. The molecule has 0 saturated carbocycles. The molecular formula is C14H26N4. The molecule has 0 fully saturated rings. The van der Waals surface area contributed by atoms with Crippen LogP contribution < -0.4 is 11.1 Å². The van der Waals surface area contributed by atoms with E-state index in [0.717, 1.165) is 42.9 Å². The molecule has 4 heteroatoms. The summed E-state index contributed by atoms with van der Waals surface area (Å²) in [5.74, 6) is 2.31. The number of nitrogens with two attached hydrogens (primary N) is 1. The number of hydrogen-bond donors (Lipinski definition) is 2. The van der Waals surface area contributed by atoms with Crippen molar-refractivity contribution in [2.24, 2.45) is 0 Å². The molecule has 0 aliphatic rings. The van der Waals surface area contributed by atoms with Crippen LogP contribution in [0.1, 0.15) is 58.3 Å². The fraction of sp³-hybridized carbons (Fsp3) is 0.714. The van der Waals surface area contributed by atoms with Gasteiger partial charge in [0.15, 0.2) is 0 Å². The monoisotopic (exact) mass is 250 g/mol. The van der Waals surface area contributed by atoms with E-state index in [2.05, 4.69) is 43.0 Å². The van der Waals surface area contributed by atoms with E-state index in [1.165, 1.54) is 0 Å². The first-order chi connectivity index (χ1) is 8.45. The maximum atomic E-state index is 5.96. The summed E-state index contributed by atoms with van der Waals surface area (Å²) in [6.45, 7) is 10.7. The van der Waals surface area contributed by atoms with Gasteiger partial charge in [-0.3, -0.25) is 0 Å². The molecule has 0 bridgehead atoms. The molecule has 0 unspecified atom stereocenters. The lowest BCUT2D eigenvalue weighted by molar-refractivity contribution is 0.476. The van der Waals surface area contributed by atoms with Gasteiger partial charge < -0.3 is 11.1 Å². The molecule has 102 valence electrons. The lowest BCUT2D eigenvalue weighted by Crippen LogP contribution is -2.34. The van der Waals surface area contributed by atoms with Crippen molar-refractivity contribution in [3.63, 3.8) is 0 Å². The zero-order chi connectivity index (χ0) is 13.8. The van der Waals surface area contributed by atoms with Crippen molar-refractivity contribution in [1.82, 2.24) is 9.97 Å². The largest absolute Gasteiger partial charge is 0.383 e. The zero-order valence-corrected chi connectivity index (χ0v) is 12.3. The van der Waals surface area contributed by atoms with Crippen molar-refractivity contribution in [3.05, 3.63) is 11.4 Å². The highest BCUT2D eigenvalue weighted by Gasteiger charge is 2.21. The third-order valence-electron chi connectivity index (χ3n) is 3.68. The Hall–Kier alpha value is -1.32. The van der Waals surface area contributed by atoms with E-state index >= 15 is 0 Å². The molecule has 0 aliphatic heterocycles. The summed E-state index contributed by atoms with van der Waals surface area (Å²) in [5, 5.41) is 3.53. The molecule has 18 heavy (non-hydrogen) atoms. The first kappa shape index (κ1) is 14.7. The predicted molar refractivity (Wildman–Crippen MR) is 77.8 cm³/mol.